The molecule has 1 aliphatic carbocycles. The van der Waals surface area contributed by atoms with Gasteiger partial charge in [0.1, 0.15) is 0 Å². The highest BCUT2D eigenvalue weighted by Gasteiger charge is 2.13. The molecule has 0 N–H and O–H groups in total. The molecule has 2 unspecified atom stereocenters. The summed E-state index contributed by atoms with van der Waals surface area (Å²) in [6.45, 7) is 4.46. The minimum Gasteiger partial charge on any atom is -0.0774 e. The van der Waals surface area contributed by atoms with Gasteiger partial charge in [-0.05, 0) is 12.8 Å². The molecule has 1 heteroatoms. The molecule has 0 saturated heterocycles. The highest BCUT2D eigenvalue weighted by atomic mass is 127. The van der Waals surface area contributed by atoms with Crippen LogP contribution >= 0.6 is 22.6 Å². The Morgan fingerprint density at radius 3 is 2.67 bits per heavy atom. The van der Waals surface area contributed by atoms with Crippen molar-refractivity contribution in [3.05, 3.63) is 23.8 Å². The fraction of sp³-hybridized carbons (Fsp3) is 0.500. The minimum atomic E-state index is 0.701. The largest absolute Gasteiger partial charge is 0.0774 e. The predicted molar refractivity (Wildman–Crippen MR) is 49.9 cm³/mol. The molecule has 0 aromatic rings. The van der Waals surface area contributed by atoms with Gasteiger partial charge < -0.3 is 0 Å². The van der Waals surface area contributed by atoms with Crippen molar-refractivity contribution in [2.45, 2.75) is 17.8 Å². The highest BCUT2D eigenvalue weighted by molar-refractivity contribution is 14.1. The maximum absolute atomic E-state index is 2.47. The van der Waals surface area contributed by atoms with Crippen LogP contribution < -0.4 is 0 Å². The number of halogens is 1. The van der Waals surface area contributed by atoms with Crippen LogP contribution in [0.15, 0.2) is 23.8 Å². The topological polar surface area (TPSA) is 0 Å². The second-order valence-electron chi connectivity index (χ2n) is 2.53. The van der Waals surface area contributed by atoms with Gasteiger partial charge in [-0.25, -0.2) is 0 Å². The first-order chi connectivity index (χ1) is 4.22. The summed E-state index contributed by atoms with van der Waals surface area (Å²) >= 11 is 2.47. The maximum Gasteiger partial charge on any atom is 0.0355 e. The molecule has 0 aliphatic heterocycles. The van der Waals surface area contributed by atoms with Crippen molar-refractivity contribution < 1.29 is 0 Å². The lowest BCUT2D eigenvalue weighted by Gasteiger charge is -2.18. The summed E-state index contributed by atoms with van der Waals surface area (Å²) in [7, 11) is 0. The molecule has 0 fully saturated rings. The molecule has 0 nitrogen and oxygen atoms in total. The monoisotopic (exact) mass is 234 g/mol. The zero-order valence-electron chi connectivity index (χ0n) is 5.76. The lowest BCUT2D eigenvalue weighted by atomic mass is 9.95. The van der Waals surface area contributed by atoms with Crippen LogP contribution in [0, 0.1) is 5.92 Å². The molecule has 0 radical (unpaired) electrons. The van der Waals surface area contributed by atoms with Gasteiger partial charge in [-0.3, -0.25) is 0 Å². The summed E-state index contributed by atoms with van der Waals surface area (Å²) in [5.41, 5.74) is 1.50. The van der Waals surface area contributed by atoms with Crippen LogP contribution in [0.4, 0.5) is 0 Å². The minimum absolute atomic E-state index is 0.701. The fourth-order valence-corrected chi connectivity index (χ4v) is 1.69. The quantitative estimate of drug-likeness (QED) is 0.446. The normalized spacial score (nSPS) is 34.3. The van der Waals surface area contributed by atoms with Gasteiger partial charge in [0.15, 0.2) is 0 Å². The van der Waals surface area contributed by atoms with E-state index in [0.717, 1.165) is 5.92 Å². The van der Waals surface area contributed by atoms with E-state index in [4.69, 9.17) is 0 Å². The Morgan fingerprint density at radius 1 is 1.56 bits per heavy atom. The molecule has 1 aliphatic rings. The van der Waals surface area contributed by atoms with Gasteiger partial charge in [0.2, 0.25) is 0 Å². The second kappa shape index (κ2) is 2.86. The van der Waals surface area contributed by atoms with Crippen molar-refractivity contribution in [1.82, 2.24) is 0 Å². The molecule has 1 rings (SSSR count). The van der Waals surface area contributed by atoms with Crippen LogP contribution in [0.1, 0.15) is 13.8 Å². The van der Waals surface area contributed by atoms with E-state index >= 15 is 0 Å². The summed E-state index contributed by atoms with van der Waals surface area (Å²) < 4.78 is 0.701. The predicted octanol–water partition coefficient (Wildman–Crippen LogP) is 2.94. The summed E-state index contributed by atoms with van der Waals surface area (Å²) in [4.78, 5) is 0. The van der Waals surface area contributed by atoms with Crippen LogP contribution in [0.3, 0.4) is 0 Å². The van der Waals surface area contributed by atoms with Crippen LogP contribution in [0.25, 0.3) is 0 Å². The van der Waals surface area contributed by atoms with Crippen molar-refractivity contribution >= 4 is 22.6 Å². The van der Waals surface area contributed by atoms with E-state index in [0.29, 0.717) is 3.92 Å². The number of hydrogen-bond donors (Lipinski definition) is 0. The number of allylic oxidation sites excluding steroid dienone is 4. The Balaban J connectivity index is 2.73. The van der Waals surface area contributed by atoms with Gasteiger partial charge in [0, 0.05) is 3.92 Å². The summed E-state index contributed by atoms with van der Waals surface area (Å²) in [6, 6.07) is 0. The van der Waals surface area contributed by atoms with Crippen molar-refractivity contribution in [2.75, 3.05) is 0 Å². The third kappa shape index (κ3) is 1.57. The van der Waals surface area contributed by atoms with Gasteiger partial charge in [0.25, 0.3) is 0 Å². The maximum atomic E-state index is 2.47. The van der Waals surface area contributed by atoms with E-state index in [1.807, 2.05) is 0 Å². The van der Waals surface area contributed by atoms with Crippen LogP contribution in [-0.2, 0) is 0 Å². The van der Waals surface area contributed by atoms with E-state index in [-0.39, 0.29) is 0 Å². The first-order valence-electron chi connectivity index (χ1n) is 3.21. The zero-order chi connectivity index (χ0) is 6.85. The molecule has 2 atom stereocenters. The van der Waals surface area contributed by atoms with Crippen molar-refractivity contribution in [1.29, 1.82) is 0 Å². The summed E-state index contributed by atoms with van der Waals surface area (Å²) in [5.74, 6) is 0.732. The Hall–Kier alpha value is 0.210. The lowest BCUT2D eigenvalue weighted by Crippen LogP contribution is -2.11. The van der Waals surface area contributed by atoms with Gasteiger partial charge in [-0.2, -0.15) is 0 Å². The van der Waals surface area contributed by atoms with Gasteiger partial charge in [-0.15, -0.1) is 0 Å². The molecule has 0 aromatic carbocycles. The third-order valence-corrected chi connectivity index (χ3v) is 3.34. The van der Waals surface area contributed by atoms with E-state index in [9.17, 15) is 0 Å². The fourth-order valence-electron chi connectivity index (χ4n) is 0.883. The van der Waals surface area contributed by atoms with Gasteiger partial charge >= 0.3 is 0 Å². The smallest absolute Gasteiger partial charge is 0.0355 e. The Morgan fingerprint density at radius 2 is 2.22 bits per heavy atom. The van der Waals surface area contributed by atoms with E-state index in [1.165, 1.54) is 5.57 Å². The number of alkyl halides is 1. The summed E-state index contributed by atoms with van der Waals surface area (Å²) in [6.07, 6.45) is 6.59. The van der Waals surface area contributed by atoms with E-state index in [1.54, 1.807) is 0 Å². The average molecular weight is 234 g/mol. The molecule has 0 aromatic heterocycles. The molecular formula is C8H11I. The van der Waals surface area contributed by atoms with Crippen molar-refractivity contribution in [2.24, 2.45) is 5.92 Å². The Bertz CT molecular complexity index is 156. The SMILES string of the molecule is CC1=CC=CC(I)C1C. The molecule has 0 amide bonds. The first-order valence-corrected chi connectivity index (χ1v) is 4.45. The molecule has 9 heavy (non-hydrogen) atoms. The van der Waals surface area contributed by atoms with Crippen molar-refractivity contribution in [3.8, 4) is 0 Å². The number of hydrogen-bond acceptors (Lipinski definition) is 0. The highest BCUT2D eigenvalue weighted by Crippen LogP contribution is 2.25. The molecule has 0 heterocycles. The van der Waals surface area contributed by atoms with Gasteiger partial charge in [0.05, 0.1) is 0 Å². The number of rotatable bonds is 0. The molecule has 0 saturated carbocycles. The van der Waals surface area contributed by atoms with E-state index in [2.05, 4.69) is 54.7 Å². The second-order valence-corrected chi connectivity index (χ2v) is 3.97. The van der Waals surface area contributed by atoms with Crippen LogP contribution in [0.5, 0.6) is 0 Å². The van der Waals surface area contributed by atoms with Crippen LogP contribution in [0.2, 0.25) is 0 Å². The Kier molecular flexibility index (Phi) is 2.33. The average Bonchev–Trinajstić information content (AvgIpc) is 1.83. The Labute approximate surface area is 70.2 Å². The summed E-state index contributed by atoms with van der Waals surface area (Å²) in [5, 5.41) is 0. The molecular weight excluding hydrogens is 223 g/mol. The molecule has 0 bridgehead atoms. The van der Waals surface area contributed by atoms with E-state index < -0.39 is 0 Å². The van der Waals surface area contributed by atoms with Crippen molar-refractivity contribution in [3.63, 3.8) is 0 Å². The zero-order valence-corrected chi connectivity index (χ0v) is 7.92. The third-order valence-electron chi connectivity index (χ3n) is 1.85. The molecule has 0 spiro atoms. The van der Waals surface area contributed by atoms with Crippen LogP contribution in [-0.4, -0.2) is 3.92 Å². The standard InChI is InChI=1S/C8H11I/c1-6-4-3-5-8(9)7(6)2/h3-5,7-8H,1-2H3. The molecule has 50 valence electrons. The van der Waals surface area contributed by atoms with Gasteiger partial charge in [-0.1, -0.05) is 53.3 Å². The first kappa shape index (κ1) is 7.32. The lowest BCUT2D eigenvalue weighted by molar-refractivity contribution is 0.718.